The standard InChI is InChI=1S/C11H9FN6/c1-7-2-3-10(9(12)4-7)14-6-8(5-13)11-15-17-18-16-11/h2-4,6,14H,1H3,(H,15,16,17,18). The predicted molar refractivity (Wildman–Crippen MR) is 62.5 cm³/mol. The third-order valence-corrected chi connectivity index (χ3v) is 2.20. The van der Waals surface area contributed by atoms with E-state index in [1.54, 1.807) is 19.1 Å². The SMILES string of the molecule is Cc1ccc(NC=C(C#N)c2nn[nH]n2)c(F)c1. The zero-order valence-electron chi connectivity index (χ0n) is 9.48. The van der Waals surface area contributed by atoms with Gasteiger partial charge in [-0.1, -0.05) is 6.07 Å². The molecule has 2 aromatic rings. The molecule has 1 aromatic heterocycles. The number of tetrazole rings is 1. The molecule has 0 bridgehead atoms. The largest absolute Gasteiger partial charge is 0.358 e. The maximum Gasteiger partial charge on any atom is 0.216 e. The van der Waals surface area contributed by atoms with Crippen LogP contribution in [0.4, 0.5) is 10.1 Å². The van der Waals surface area contributed by atoms with E-state index in [2.05, 4.69) is 25.9 Å². The molecule has 0 aliphatic rings. The van der Waals surface area contributed by atoms with Crippen molar-refractivity contribution in [3.63, 3.8) is 0 Å². The molecule has 0 fully saturated rings. The molecular weight excluding hydrogens is 235 g/mol. The number of nitriles is 1. The lowest BCUT2D eigenvalue weighted by Crippen LogP contribution is -1.95. The molecule has 90 valence electrons. The molecule has 6 nitrogen and oxygen atoms in total. The number of benzene rings is 1. The van der Waals surface area contributed by atoms with Crippen molar-refractivity contribution in [3.05, 3.63) is 41.6 Å². The first-order valence-electron chi connectivity index (χ1n) is 5.07. The van der Waals surface area contributed by atoms with Gasteiger partial charge in [0.1, 0.15) is 17.5 Å². The molecule has 0 amide bonds. The van der Waals surface area contributed by atoms with Crippen molar-refractivity contribution in [1.82, 2.24) is 20.6 Å². The Morgan fingerprint density at radius 2 is 2.39 bits per heavy atom. The van der Waals surface area contributed by atoms with Crippen LogP contribution in [0.5, 0.6) is 0 Å². The third-order valence-electron chi connectivity index (χ3n) is 2.20. The summed E-state index contributed by atoms with van der Waals surface area (Å²) in [6, 6.07) is 6.65. The summed E-state index contributed by atoms with van der Waals surface area (Å²) in [5.74, 6) is -0.242. The molecule has 2 rings (SSSR count). The second kappa shape index (κ2) is 5.05. The molecule has 18 heavy (non-hydrogen) atoms. The minimum atomic E-state index is -0.392. The van der Waals surface area contributed by atoms with Gasteiger partial charge in [-0.3, -0.25) is 0 Å². The van der Waals surface area contributed by atoms with Crippen LogP contribution in [-0.2, 0) is 0 Å². The van der Waals surface area contributed by atoms with Gasteiger partial charge in [0, 0.05) is 6.20 Å². The summed E-state index contributed by atoms with van der Waals surface area (Å²) in [6.45, 7) is 1.79. The van der Waals surface area contributed by atoms with Crippen molar-refractivity contribution in [2.24, 2.45) is 0 Å². The quantitative estimate of drug-likeness (QED) is 0.801. The monoisotopic (exact) mass is 244 g/mol. The molecule has 0 spiro atoms. The molecule has 1 aromatic carbocycles. The second-order valence-corrected chi connectivity index (χ2v) is 3.53. The average Bonchev–Trinajstić information content (AvgIpc) is 2.86. The summed E-state index contributed by atoms with van der Waals surface area (Å²) >= 11 is 0. The summed E-state index contributed by atoms with van der Waals surface area (Å²) in [5.41, 5.74) is 1.25. The van der Waals surface area contributed by atoms with Gasteiger partial charge >= 0.3 is 0 Å². The summed E-state index contributed by atoms with van der Waals surface area (Å²) in [6.07, 6.45) is 1.33. The van der Waals surface area contributed by atoms with Crippen molar-refractivity contribution >= 4 is 11.3 Å². The first-order chi connectivity index (χ1) is 8.70. The molecule has 2 N–H and O–H groups in total. The van der Waals surface area contributed by atoms with Crippen LogP contribution in [0.15, 0.2) is 24.4 Å². The Labute approximate surface area is 102 Å². The number of H-pyrrole nitrogens is 1. The number of hydrogen-bond donors (Lipinski definition) is 2. The Bertz CT molecular complexity index is 611. The van der Waals surface area contributed by atoms with Gasteiger partial charge in [-0.25, -0.2) is 4.39 Å². The van der Waals surface area contributed by atoms with Gasteiger partial charge in [0.2, 0.25) is 5.82 Å². The molecule has 0 saturated carbocycles. The molecule has 0 aliphatic heterocycles. The van der Waals surface area contributed by atoms with Crippen molar-refractivity contribution in [2.45, 2.75) is 6.92 Å². The van der Waals surface area contributed by atoms with Gasteiger partial charge in [0.05, 0.1) is 5.69 Å². The number of aryl methyl sites for hydroxylation is 1. The summed E-state index contributed by atoms with van der Waals surface area (Å²) in [4.78, 5) is 0. The smallest absolute Gasteiger partial charge is 0.216 e. The first kappa shape index (κ1) is 11.7. The summed E-state index contributed by atoms with van der Waals surface area (Å²) in [5, 5.41) is 24.5. The van der Waals surface area contributed by atoms with Crippen molar-refractivity contribution in [3.8, 4) is 6.07 Å². The maximum atomic E-state index is 13.5. The topological polar surface area (TPSA) is 90.3 Å². The van der Waals surface area contributed by atoms with Gasteiger partial charge in [0.25, 0.3) is 0 Å². The van der Waals surface area contributed by atoms with Crippen LogP contribution < -0.4 is 5.32 Å². The number of aromatic nitrogens is 4. The van der Waals surface area contributed by atoms with E-state index in [9.17, 15) is 4.39 Å². The Hall–Kier alpha value is -2.75. The van der Waals surface area contributed by atoms with Crippen molar-refractivity contribution in [2.75, 3.05) is 5.32 Å². The summed E-state index contributed by atoms with van der Waals surface area (Å²) < 4.78 is 13.5. The van der Waals surface area contributed by atoms with E-state index in [1.807, 2.05) is 6.07 Å². The number of aromatic amines is 1. The first-order valence-corrected chi connectivity index (χ1v) is 5.07. The van der Waals surface area contributed by atoms with Crippen molar-refractivity contribution < 1.29 is 4.39 Å². The highest BCUT2D eigenvalue weighted by Crippen LogP contribution is 2.16. The van der Waals surface area contributed by atoms with Gasteiger partial charge in [-0.15, -0.1) is 10.2 Å². The van der Waals surface area contributed by atoms with Crippen LogP contribution in [0.1, 0.15) is 11.4 Å². The van der Waals surface area contributed by atoms with E-state index >= 15 is 0 Å². The van der Waals surface area contributed by atoms with Gasteiger partial charge in [0.15, 0.2) is 0 Å². The molecule has 0 unspecified atom stereocenters. The van der Waals surface area contributed by atoms with E-state index in [4.69, 9.17) is 5.26 Å². The summed E-state index contributed by atoms with van der Waals surface area (Å²) in [7, 11) is 0. The molecular formula is C11H9FN6. The van der Waals surface area contributed by atoms with E-state index in [-0.39, 0.29) is 17.1 Å². The van der Waals surface area contributed by atoms with Gasteiger partial charge in [-0.2, -0.15) is 10.5 Å². The lowest BCUT2D eigenvalue weighted by molar-refractivity contribution is 0.630. The molecule has 0 saturated heterocycles. The van der Waals surface area contributed by atoms with Crippen LogP contribution in [0.2, 0.25) is 0 Å². The van der Waals surface area contributed by atoms with Gasteiger partial charge < -0.3 is 5.32 Å². The van der Waals surface area contributed by atoms with Crippen LogP contribution in [-0.4, -0.2) is 20.6 Å². The zero-order valence-corrected chi connectivity index (χ0v) is 9.48. The van der Waals surface area contributed by atoms with Crippen LogP contribution in [0.25, 0.3) is 5.57 Å². The van der Waals surface area contributed by atoms with Crippen LogP contribution in [0, 0.1) is 24.1 Å². The van der Waals surface area contributed by atoms with Crippen molar-refractivity contribution in [1.29, 1.82) is 5.26 Å². The number of allylic oxidation sites excluding steroid dienone is 1. The Morgan fingerprint density at radius 1 is 1.56 bits per heavy atom. The highest BCUT2D eigenvalue weighted by atomic mass is 19.1. The predicted octanol–water partition coefficient (Wildman–Crippen LogP) is 1.62. The Balaban J connectivity index is 2.22. The number of rotatable bonds is 3. The van der Waals surface area contributed by atoms with Crippen LogP contribution >= 0.6 is 0 Å². The highest BCUT2D eigenvalue weighted by Gasteiger charge is 2.06. The van der Waals surface area contributed by atoms with Gasteiger partial charge in [-0.05, 0) is 29.8 Å². The maximum absolute atomic E-state index is 13.5. The minimum Gasteiger partial charge on any atom is -0.358 e. The lowest BCUT2D eigenvalue weighted by atomic mass is 10.2. The lowest BCUT2D eigenvalue weighted by Gasteiger charge is -2.03. The second-order valence-electron chi connectivity index (χ2n) is 3.53. The fourth-order valence-electron chi connectivity index (χ4n) is 1.31. The molecule has 0 aliphatic carbocycles. The Morgan fingerprint density at radius 3 is 3.00 bits per heavy atom. The fourth-order valence-corrected chi connectivity index (χ4v) is 1.31. The molecule has 0 atom stereocenters. The van der Waals surface area contributed by atoms with E-state index in [0.717, 1.165) is 5.56 Å². The highest BCUT2D eigenvalue weighted by molar-refractivity contribution is 5.74. The number of nitrogens with one attached hydrogen (secondary N) is 2. The minimum absolute atomic E-state index is 0.150. The Kier molecular flexibility index (Phi) is 3.29. The normalized spacial score (nSPS) is 11.1. The molecule has 0 radical (unpaired) electrons. The van der Waals surface area contributed by atoms with E-state index in [0.29, 0.717) is 0 Å². The van der Waals surface area contributed by atoms with E-state index < -0.39 is 5.82 Å². The van der Waals surface area contributed by atoms with Crippen LogP contribution in [0.3, 0.4) is 0 Å². The zero-order chi connectivity index (χ0) is 13.0. The molecule has 1 heterocycles. The number of nitrogens with zero attached hydrogens (tertiary/aromatic N) is 4. The number of halogens is 1. The third kappa shape index (κ3) is 2.49. The molecule has 7 heteroatoms. The average molecular weight is 244 g/mol. The number of anilines is 1. The fraction of sp³-hybridized carbons (Fsp3) is 0.0909. The van der Waals surface area contributed by atoms with E-state index in [1.165, 1.54) is 12.3 Å². The number of hydrogen-bond acceptors (Lipinski definition) is 5.